The zero-order chi connectivity index (χ0) is 7.68. The summed E-state index contributed by atoms with van der Waals surface area (Å²) in [6.45, 7) is 0. The summed E-state index contributed by atoms with van der Waals surface area (Å²) in [4.78, 5) is 0.731. The zero-order valence-electron chi connectivity index (χ0n) is 6.16. The molecule has 0 bridgehead atoms. The summed E-state index contributed by atoms with van der Waals surface area (Å²) in [5, 5.41) is 2.07. The van der Waals surface area contributed by atoms with E-state index >= 15 is 0 Å². The Morgan fingerprint density at radius 1 is 1.55 bits per heavy atom. The summed E-state index contributed by atoms with van der Waals surface area (Å²) in [6, 6.07) is 2.15. The predicted molar refractivity (Wildman–Crippen MR) is 51.4 cm³/mol. The Balaban J connectivity index is 2.08. The molecule has 0 aliphatic heterocycles. The Hall–Kier alpha value is 0.110. The molecular formula is C8H10BrNS. The Morgan fingerprint density at radius 2 is 2.45 bits per heavy atom. The lowest BCUT2D eigenvalue weighted by molar-refractivity contribution is 0.709. The van der Waals surface area contributed by atoms with E-state index < -0.39 is 0 Å². The van der Waals surface area contributed by atoms with E-state index in [1.807, 2.05) is 0 Å². The maximum absolute atomic E-state index is 4.35. The van der Waals surface area contributed by atoms with Gasteiger partial charge < -0.3 is 0 Å². The van der Waals surface area contributed by atoms with Gasteiger partial charge in [0.15, 0.2) is 0 Å². The van der Waals surface area contributed by atoms with Crippen molar-refractivity contribution in [3.05, 3.63) is 17.1 Å². The highest BCUT2D eigenvalue weighted by Gasteiger charge is 2.24. The van der Waals surface area contributed by atoms with Gasteiger partial charge in [0.05, 0.1) is 5.69 Å². The lowest BCUT2D eigenvalue weighted by Crippen LogP contribution is -1.93. The van der Waals surface area contributed by atoms with E-state index in [2.05, 4.69) is 31.7 Å². The van der Waals surface area contributed by atoms with Crippen LogP contribution in [0.2, 0.25) is 0 Å². The van der Waals surface area contributed by atoms with Gasteiger partial charge in [0.1, 0.15) is 0 Å². The fourth-order valence-electron chi connectivity index (χ4n) is 1.63. The number of aromatic nitrogens is 1. The van der Waals surface area contributed by atoms with Crippen LogP contribution in [-0.4, -0.2) is 9.20 Å². The molecule has 60 valence electrons. The summed E-state index contributed by atoms with van der Waals surface area (Å²) >= 11 is 5.20. The predicted octanol–water partition coefficient (Wildman–Crippen LogP) is 3.17. The molecule has 1 fully saturated rings. The first-order valence-electron chi connectivity index (χ1n) is 3.90. The first kappa shape index (κ1) is 7.74. The summed E-state index contributed by atoms with van der Waals surface area (Å²) in [7, 11) is 0. The van der Waals surface area contributed by atoms with Gasteiger partial charge in [0.2, 0.25) is 0 Å². The molecule has 0 radical (unpaired) electrons. The second kappa shape index (κ2) is 3.23. The maximum Gasteiger partial charge on any atom is 0.0573 e. The van der Waals surface area contributed by atoms with Crippen LogP contribution >= 0.6 is 27.5 Å². The molecule has 0 aromatic carbocycles. The third-order valence-electron chi connectivity index (χ3n) is 2.24. The van der Waals surface area contributed by atoms with E-state index in [0.29, 0.717) is 0 Å². The van der Waals surface area contributed by atoms with Crippen molar-refractivity contribution < 1.29 is 0 Å². The van der Waals surface area contributed by atoms with Crippen LogP contribution in [0.3, 0.4) is 0 Å². The molecule has 0 spiro atoms. The molecule has 0 saturated heterocycles. The van der Waals surface area contributed by atoms with Crippen molar-refractivity contribution in [2.45, 2.75) is 30.0 Å². The molecule has 1 nitrogen and oxygen atoms in total. The average Bonchev–Trinajstić information content (AvgIpc) is 2.55. The van der Waals surface area contributed by atoms with Gasteiger partial charge in [-0.3, -0.25) is 0 Å². The van der Waals surface area contributed by atoms with Crippen LogP contribution in [0.15, 0.2) is 11.4 Å². The van der Waals surface area contributed by atoms with Gasteiger partial charge in [-0.2, -0.15) is 4.37 Å². The number of hydrogen-bond acceptors (Lipinski definition) is 2. The second-order valence-electron chi connectivity index (χ2n) is 3.03. The van der Waals surface area contributed by atoms with Crippen LogP contribution in [0.4, 0.5) is 0 Å². The minimum Gasteiger partial charge on any atom is -0.197 e. The van der Waals surface area contributed by atoms with Crippen molar-refractivity contribution in [1.82, 2.24) is 4.37 Å². The van der Waals surface area contributed by atoms with Crippen LogP contribution in [0.1, 0.15) is 30.9 Å². The quantitative estimate of drug-likeness (QED) is 0.677. The molecule has 2 atom stereocenters. The number of hydrogen-bond donors (Lipinski definition) is 0. The monoisotopic (exact) mass is 231 g/mol. The van der Waals surface area contributed by atoms with Gasteiger partial charge in [-0.05, 0) is 36.9 Å². The van der Waals surface area contributed by atoms with E-state index in [1.54, 1.807) is 11.5 Å². The molecule has 0 N–H and O–H groups in total. The summed E-state index contributed by atoms with van der Waals surface area (Å²) in [6.07, 6.45) is 3.88. The van der Waals surface area contributed by atoms with Crippen molar-refractivity contribution in [1.29, 1.82) is 0 Å². The molecular weight excluding hydrogens is 222 g/mol. The smallest absolute Gasteiger partial charge is 0.0573 e. The molecule has 2 unspecified atom stereocenters. The molecule has 0 amide bonds. The van der Waals surface area contributed by atoms with Gasteiger partial charge in [-0.25, -0.2) is 0 Å². The summed E-state index contributed by atoms with van der Waals surface area (Å²) in [5.74, 6) is 0.727. The highest BCUT2D eigenvalue weighted by atomic mass is 79.9. The second-order valence-corrected chi connectivity index (χ2v) is 4.99. The Morgan fingerprint density at radius 3 is 3.00 bits per heavy atom. The van der Waals surface area contributed by atoms with Crippen LogP contribution in [-0.2, 0) is 0 Å². The van der Waals surface area contributed by atoms with Crippen molar-refractivity contribution in [2.24, 2.45) is 0 Å². The molecule has 1 aromatic rings. The number of halogens is 1. The lowest BCUT2D eigenvalue weighted by atomic mass is 10.1. The van der Waals surface area contributed by atoms with Crippen LogP contribution in [0.5, 0.6) is 0 Å². The van der Waals surface area contributed by atoms with E-state index in [1.165, 1.54) is 25.0 Å². The fourth-order valence-corrected chi connectivity index (χ4v) is 2.94. The molecule has 1 aliphatic carbocycles. The highest BCUT2D eigenvalue weighted by Crippen LogP contribution is 2.37. The first-order valence-corrected chi connectivity index (χ1v) is 5.66. The van der Waals surface area contributed by atoms with Crippen LogP contribution < -0.4 is 0 Å². The maximum atomic E-state index is 4.35. The van der Waals surface area contributed by atoms with Crippen molar-refractivity contribution in [2.75, 3.05) is 0 Å². The van der Waals surface area contributed by atoms with E-state index in [9.17, 15) is 0 Å². The van der Waals surface area contributed by atoms with Crippen molar-refractivity contribution >= 4 is 27.5 Å². The first-order chi connectivity index (χ1) is 5.36. The zero-order valence-corrected chi connectivity index (χ0v) is 8.57. The number of alkyl halides is 1. The average molecular weight is 232 g/mol. The SMILES string of the molecule is BrC1CCC(c2ccsn2)C1. The fraction of sp³-hybridized carbons (Fsp3) is 0.625. The van der Waals surface area contributed by atoms with E-state index in [0.717, 1.165) is 10.7 Å². The Kier molecular flexibility index (Phi) is 2.28. The third-order valence-corrected chi connectivity index (χ3v) is 3.65. The molecule has 1 heterocycles. The Labute approximate surface area is 79.1 Å². The normalized spacial score (nSPS) is 31.0. The Bertz CT molecular complexity index is 222. The molecule has 1 aromatic heterocycles. The summed E-state index contributed by atoms with van der Waals surface area (Å²) < 4.78 is 4.35. The van der Waals surface area contributed by atoms with E-state index in [-0.39, 0.29) is 0 Å². The highest BCUT2D eigenvalue weighted by molar-refractivity contribution is 9.09. The van der Waals surface area contributed by atoms with E-state index in [4.69, 9.17) is 0 Å². The minimum absolute atomic E-state index is 0.727. The van der Waals surface area contributed by atoms with Gasteiger partial charge in [-0.15, -0.1) is 0 Å². The lowest BCUT2D eigenvalue weighted by Gasteiger charge is -2.03. The summed E-state index contributed by atoms with van der Waals surface area (Å²) in [5.41, 5.74) is 1.30. The van der Waals surface area contributed by atoms with Crippen molar-refractivity contribution in [3.8, 4) is 0 Å². The molecule has 3 heteroatoms. The van der Waals surface area contributed by atoms with Gasteiger partial charge in [-0.1, -0.05) is 15.9 Å². The van der Waals surface area contributed by atoms with Crippen LogP contribution in [0, 0.1) is 0 Å². The van der Waals surface area contributed by atoms with Crippen LogP contribution in [0.25, 0.3) is 0 Å². The largest absolute Gasteiger partial charge is 0.197 e. The van der Waals surface area contributed by atoms with Gasteiger partial charge >= 0.3 is 0 Å². The molecule has 1 aliphatic rings. The molecule has 1 saturated carbocycles. The topological polar surface area (TPSA) is 12.9 Å². The molecule has 2 rings (SSSR count). The van der Waals surface area contributed by atoms with Crippen molar-refractivity contribution in [3.63, 3.8) is 0 Å². The standard InChI is InChI=1S/C8H10BrNS/c9-7-2-1-6(5-7)8-3-4-11-10-8/h3-4,6-7H,1-2,5H2. The van der Waals surface area contributed by atoms with Gasteiger partial charge in [0.25, 0.3) is 0 Å². The molecule has 11 heavy (non-hydrogen) atoms. The number of nitrogens with zero attached hydrogens (tertiary/aromatic N) is 1. The third kappa shape index (κ3) is 1.64. The number of rotatable bonds is 1. The van der Waals surface area contributed by atoms with Gasteiger partial charge in [0, 0.05) is 16.1 Å². The minimum atomic E-state index is 0.727.